The summed E-state index contributed by atoms with van der Waals surface area (Å²) in [6, 6.07) is 0. The smallest absolute Gasteiger partial charge is 0.266 e. The number of amides is 1. The van der Waals surface area contributed by atoms with Gasteiger partial charge < -0.3 is 10.8 Å². The fraction of sp³-hybridized carbons (Fsp3) is 0.143. The summed E-state index contributed by atoms with van der Waals surface area (Å²) in [6.45, 7) is 0. The van der Waals surface area contributed by atoms with E-state index in [9.17, 15) is 13.6 Å². The number of pyridine rings is 1. The van der Waals surface area contributed by atoms with Gasteiger partial charge in [0.1, 0.15) is 5.75 Å². The van der Waals surface area contributed by atoms with Gasteiger partial charge in [0.15, 0.2) is 0 Å². The van der Waals surface area contributed by atoms with Crippen LogP contribution >= 0.6 is 0 Å². The molecule has 0 saturated heterocycles. The van der Waals surface area contributed by atoms with Crippen LogP contribution in [0.15, 0.2) is 12.4 Å². The number of aromatic hydroxyl groups is 1. The lowest BCUT2D eigenvalue weighted by atomic mass is 10.1. The molecular weight excluding hydrogens is 182 g/mol. The lowest BCUT2D eigenvalue weighted by Crippen LogP contribution is -2.14. The van der Waals surface area contributed by atoms with Crippen LogP contribution in [0.25, 0.3) is 0 Å². The van der Waals surface area contributed by atoms with Crippen molar-refractivity contribution < 1.29 is 18.7 Å². The molecule has 1 rings (SSSR count). The van der Waals surface area contributed by atoms with Crippen molar-refractivity contribution in [2.75, 3.05) is 0 Å². The third kappa shape index (κ3) is 1.71. The first-order chi connectivity index (χ1) is 6.04. The minimum absolute atomic E-state index is 0.579. The maximum absolute atomic E-state index is 12.2. The predicted molar refractivity (Wildman–Crippen MR) is 39.4 cm³/mol. The second-order valence-corrected chi connectivity index (χ2v) is 2.29. The maximum atomic E-state index is 12.2. The fourth-order valence-corrected chi connectivity index (χ4v) is 0.899. The SMILES string of the molecule is NC(=O)c1c(O)cncc1C(F)F. The molecule has 0 aliphatic rings. The summed E-state index contributed by atoms with van der Waals surface area (Å²) in [5, 5.41) is 9.01. The van der Waals surface area contributed by atoms with Crippen LogP contribution in [0.3, 0.4) is 0 Å². The van der Waals surface area contributed by atoms with Crippen LogP contribution in [0.2, 0.25) is 0 Å². The van der Waals surface area contributed by atoms with Crippen LogP contribution in [-0.4, -0.2) is 16.0 Å². The van der Waals surface area contributed by atoms with Crippen molar-refractivity contribution in [3.05, 3.63) is 23.5 Å². The first-order valence-corrected chi connectivity index (χ1v) is 3.29. The molecule has 0 saturated carbocycles. The van der Waals surface area contributed by atoms with Crippen LogP contribution in [-0.2, 0) is 0 Å². The number of hydrogen-bond acceptors (Lipinski definition) is 3. The Morgan fingerprint density at radius 2 is 2.15 bits per heavy atom. The van der Waals surface area contributed by atoms with E-state index in [0.29, 0.717) is 0 Å². The van der Waals surface area contributed by atoms with Gasteiger partial charge >= 0.3 is 0 Å². The van der Waals surface area contributed by atoms with E-state index >= 15 is 0 Å². The van der Waals surface area contributed by atoms with E-state index in [-0.39, 0.29) is 0 Å². The zero-order valence-corrected chi connectivity index (χ0v) is 6.37. The van der Waals surface area contributed by atoms with Gasteiger partial charge in [0.05, 0.1) is 17.3 Å². The zero-order valence-electron chi connectivity index (χ0n) is 6.37. The Morgan fingerprint density at radius 1 is 1.54 bits per heavy atom. The van der Waals surface area contributed by atoms with E-state index in [0.717, 1.165) is 12.4 Å². The summed E-state index contributed by atoms with van der Waals surface area (Å²) in [4.78, 5) is 14.0. The van der Waals surface area contributed by atoms with Crippen molar-refractivity contribution >= 4 is 5.91 Å². The third-order valence-corrected chi connectivity index (χ3v) is 1.44. The van der Waals surface area contributed by atoms with Gasteiger partial charge in [0.2, 0.25) is 0 Å². The average molecular weight is 188 g/mol. The number of nitrogens with zero attached hydrogens (tertiary/aromatic N) is 1. The van der Waals surface area contributed by atoms with E-state index in [1.54, 1.807) is 0 Å². The van der Waals surface area contributed by atoms with Crippen molar-refractivity contribution in [1.29, 1.82) is 0 Å². The molecular formula is C7H6F2N2O2. The molecule has 0 bridgehead atoms. The number of carbonyl (C=O) groups is 1. The zero-order chi connectivity index (χ0) is 10.0. The van der Waals surface area contributed by atoms with Gasteiger partial charge in [-0.3, -0.25) is 9.78 Å². The standard InChI is InChI=1S/C7H6F2N2O2/c8-6(9)3-1-11-2-4(12)5(3)7(10)13/h1-2,6,12H,(H2,10,13). The molecule has 0 unspecified atom stereocenters. The second-order valence-electron chi connectivity index (χ2n) is 2.29. The van der Waals surface area contributed by atoms with Gasteiger partial charge in [-0.15, -0.1) is 0 Å². The fourth-order valence-electron chi connectivity index (χ4n) is 0.899. The molecule has 0 spiro atoms. The largest absolute Gasteiger partial charge is 0.505 e. The third-order valence-electron chi connectivity index (χ3n) is 1.44. The normalized spacial score (nSPS) is 10.4. The summed E-state index contributed by atoms with van der Waals surface area (Å²) < 4.78 is 24.4. The highest BCUT2D eigenvalue weighted by atomic mass is 19.3. The molecule has 0 aromatic carbocycles. The molecule has 0 radical (unpaired) electrons. The van der Waals surface area contributed by atoms with Crippen molar-refractivity contribution in [3.63, 3.8) is 0 Å². The number of alkyl halides is 2. The minimum Gasteiger partial charge on any atom is -0.505 e. The minimum atomic E-state index is -2.89. The quantitative estimate of drug-likeness (QED) is 0.721. The van der Waals surface area contributed by atoms with E-state index in [1.165, 1.54) is 0 Å². The Labute approximate surface area is 72.0 Å². The summed E-state index contributed by atoms with van der Waals surface area (Å²) in [7, 11) is 0. The molecule has 13 heavy (non-hydrogen) atoms. The van der Waals surface area contributed by atoms with Gasteiger partial charge in [-0.2, -0.15) is 0 Å². The number of hydrogen-bond donors (Lipinski definition) is 2. The van der Waals surface area contributed by atoms with E-state index in [1.807, 2.05) is 0 Å². The Hall–Kier alpha value is -1.72. The maximum Gasteiger partial charge on any atom is 0.266 e. The monoisotopic (exact) mass is 188 g/mol. The molecule has 1 heterocycles. The Balaban J connectivity index is 3.34. The van der Waals surface area contributed by atoms with Gasteiger partial charge in [-0.25, -0.2) is 8.78 Å². The average Bonchev–Trinajstić information content (AvgIpc) is 2.02. The molecule has 0 fully saturated rings. The Morgan fingerprint density at radius 3 is 2.54 bits per heavy atom. The Bertz CT molecular complexity index is 341. The van der Waals surface area contributed by atoms with Crippen LogP contribution in [0.1, 0.15) is 22.3 Å². The van der Waals surface area contributed by atoms with Crippen molar-refractivity contribution in [1.82, 2.24) is 4.98 Å². The summed E-state index contributed by atoms with van der Waals surface area (Å²) in [5.74, 6) is -1.74. The first kappa shape index (κ1) is 9.37. The molecule has 0 aliphatic carbocycles. The molecule has 1 amide bonds. The molecule has 3 N–H and O–H groups in total. The highest BCUT2D eigenvalue weighted by Gasteiger charge is 2.20. The molecule has 4 nitrogen and oxygen atoms in total. The van der Waals surface area contributed by atoms with E-state index < -0.39 is 29.2 Å². The molecule has 1 aromatic heterocycles. The summed E-state index contributed by atoms with van der Waals surface area (Å²) in [6.07, 6.45) is -1.21. The molecule has 6 heteroatoms. The van der Waals surface area contributed by atoms with Crippen molar-refractivity contribution in [2.45, 2.75) is 6.43 Å². The predicted octanol–water partition coefficient (Wildman–Crippen LogP) is 0.824. The number of halogens is 2. The number of carbonyl (C=O) groups excluding carboxylic acids is 1. The molecule has 70 valence electrons. The molecule has 0 atom stereocenters. The van der Waals surface area contributed by atoms with E-state index in [2.05, 4.69) is 4.98 Å². The molecule has 0 aliphatic heterocycles. The van der Waals surface area contributed by atoms with Gasteiger partial charge in [-0.1, -0.05) is 0 Å². The highest BCUT2D eigenvalue weighted by Crippen LogP contribution is 2.27. The first-order valence-electron chi connectivity index (χ1n) is 3.29. The van der Waals surface area contributed by atoms with Crippen molar-refractivity contribution in [3.8, 4) is 5.75 Å². The van der Waals surface area contributed by atoms with Crippen LogP contribution in [0.4, 0.5) is 8.78 Å². The number of rotatable bonds is 2. The van der Waals surface area contributed by atoms with Gasteiger partial charge in [0, 0.05) is 6.20 Å². The molecule has 1 aromatic rings. The highest BCUT2D eigenvalue weighted by molar-refractivity contribution is 5.96. The second kappa shape index (κ2) is 3.34. The van der Waals surface area contributed by atoms with Crippen LogP contribution < -0.4 is 5.73 Å². The summed E-state index contributed by atoms with van der Waals surface area (Å²) in [5.41, 5.74) is 3.55. The van der Waals surface area contributed by atoms with Gasteiger partial charge in [0.25, 0.3) is 12.3 Å². The van der Waals surface area contributed by atoms with Gasteiger partial charge in [-0.05, 0) is 0 Å². The number of primary amides is 1. The van der Waals surface area contributed by atoms with Crippen LogP contribution in [0, 0.1) is 0 Å². The number of aromatic nitrogens is 1. The lowest BCUT2D eigenvalue weighted by Gasteiger charge is -2.05. The summed E-state index contributed by atoms with van der Waals surface area (Å²) >= 11 is 0. The number of nitrogens with two attached hydrogens (primary N) is 1. The topological polar surface area (TPSA) is 76.2 Å². The van der Waals surface area contributed by atoms with E-state index in [4.69, 9.17) is 10.8 Å². The Kier molecular flexibility index (Phi) is 2.41. The lowest BCUT2D eigenvalue weighted by molar-refractivity contribution is 0.0982. The van der Waals surface area contributed by atoms with Crippen LogP contribution in [0.5, 0.6) is 5.75 Å². The van der Waals surface area contributed by atoms with Crippen molar-refractivity contribution in [2.24, 2.45) is 5.73 Å².